The molecule has 1 heterocycles. The maximum absolute atomic E-state index is 9.76. The lowest BCUT2D eigenvalue weighted by atomic mass is 9.94. The first-order valence-corrected chi connectivity index (χ1v) is 5.09. The van der Waals surface area contributed by atoms with E-state index in [0.29, 0.717) is 0 Å². The fourth-order valence-electron chi connectivity index (χ4n) is 1.91. The van der Waals surface area contributed by atoms with E-state index in [2.05, 4.69) is 0 Å². The van der Waals surface area contributed by atoms with Crippen LogP contribution in [0.5, 0.6) is 0 Å². The molecular weight excluding hydrogens is 176 g/mol. The minimum Gasteiger partial charge on any atom is -0.390 e. The number of hydrogen-bond acceptors (Lipinski definition) is 2. The highest BCUT2D eigenvalue weighted by Crippen LogP contribution is 2.52. The molecule has 1 saturated heterocycles. The van der Waals surface area contributed by atoms with Crippen LogP contribution in [0.15, 0.2) is 30.3 Å². The van der Waals surface area contributed by atoms with Crippen LogP contribution in [0.3, 0.4) is 0 Å². The summed E-state index contributed by atoms with van der Waals surface area (Å²) in [5, 5.41) is 9.76. The summed E-state index contributed by atoms with van der Waals surface area (Å²) in [6.45, 7) is 3.94. The third-order valence-electron chi connectivity index (χ3n) is 2.99. The van der Waals surface area contributed by atoms with Gasteiger partial charge in [-0.2, -0.15) is 0 Å². The van der Waals surface area contributed by atoms with Crippen LogP contribution in [0, 0.1) is 0 Å². The van der Waals surface area contributed by atoms with Crippen LogP contribution < -0.4 is 0 Å². The average molecular weight is 192 g/mol. The Bertz CT molecular complexity index is 309. The number of epoxide rings is 1. The van der Waals surface area contributed by atoms with Crippen molar-refractivity contribution in [1.82, 2.24) is 0 Å². The number of benzene rings is 1. The van der Waals surface area contributed by atoms with Crippen LogP contribution >= 0.6 is 0 Å². The van der Waals surface area contributed by atoms with E-state index in [-0.39, 0.29) is 17.8 Å². The van der Waals surface area contributed by atoms with Crippen molar-refractivity contribution in [3.63, 3.8) is 0 Å². The van der Waals surface area contributed by atoms with Crippen molar-refractivity contribution in [1.29, 1.82) is 0 Å². The van der Waals surface area contributed by atoms with E-state index in [0.717, 1.165) is 12.0 Å². The van der Waals surface area contributed by atoms with Crippen LogP contribution in [0.1, 0.15) is 31.9 Å². The van der Waals surface area contributed by atoms with Gasteiger partial charge in [-0.3, -0.25) is 0 Å². The van der Waals surface area contributed by atoms with Crippen molar-refractivity contribution >= 4 is 0 Å². The highest BCUT2D eigenvalue weighted by Gasteiger charge is 2.57. The number of hydrogen-bond donors (Lipinski definition) is 1. The lowest BCUT2D eigenvalue weighted by molar-refractivity contribution is 0.0817. The van der Waals surface area contributed by atoms with Gasteiger partial charge in [-0.1, -0.05) is 37.3 Å². The summed E-state index contributed by atoms with van der Waals surface area (Å²) in [7, 11) is 0. The molecule has 2 unspecified atom stereocenters. The molecule has 2 nitrogen and oxygen atoms in total. The van der Waals surface area contributed by atoms with E-state index in [1.807, 2.05) is 44.2 Å². The molecule has 1 aromatic rings. The Hall–Kier alpha value is -0.860. The lowest BCUT2D eigenvalue weighted by Crippen LogP contribution is -2.26. The molecule has 1 aliphatic heterocycles. The second kappa shape index (κ2) is 3.37. The van der Waals surface area contributed by atoms with Crippen molar-refractivity contribution < 1.29 is 9.84 Å². The third kappa shape index (κ3) is 1.45. The highest BCUT2D eigenvalue weighted by molar-refractivity contribution is 5.26. The summed E-state index contributed by atoms with van der Waals surface area (Å²) in [4.78, 5) is 0. The van der Waals surface area contributed by atoms with Crippen LogP contribution in [0.4, 0.5) is 0 Å². The first-order chi connectivity index (χ1) is 6.68. The predicted octanol–water partition coefficient (Wildman–Crippen LogP) is 2.29. The molecule has 2 rings (SSSR count). The van der Waals surface area contributed by atoms with Gasteiger partial charge in [0.1, 0.15) is 11.7 Å². The van der Waals surface area contributed by atoms with E-state index in [1.54, 1.807) is 0 Å². The fraction of sp³-hybridized carbons (Fsp3) is 0.500. The molecule has 0 saturated carbocycles. The minimum absolute atomic E-state index is 0.0682. The molecular formula is C12H16O2. The quantitative estimate of drug-likeness (QED) is 0.745. The van der Waals surface area contributed by atoms with Gasteiger partial charge in [0.2, 0.25) is 0 Å². The van der Waals surface area contributed by atoms with Crippen LogP contribution in [-0.4, -0.2) is 16.8 Å². The second-order valence-corrected chi connectivity index (χ2v) is 4.02. The van der Waals surface area contributed by atoms with Gasteiger partial charge in [0, 0.05) is 0 Å². The maximum Gasteiger partial charge on any atom is 0.122 e. The van der Waals surface area contributed by atoms with Gasteiger partial charge in [-0.25, -0.2) is 0 Å². The number of aliphatic hydroxyl groups is 1. The molecule has 1 aromatic carbocycles. The van der Waals surface area contributed by atoms with Gasteiger partial charge < -0.3 is 9.84 Å². The zero-order valence-electron chi connectivity index (χ0n) is 8.60. The molecule has 0 aliphatic carbocycles. The van der Waals surface area contributed by atoms with Crippen LogP contribution in [0.2, 0.25) is 0 Å². The monoisotopic (exact) mass is 192 g/mol. The Morgan fingerprint density at radius 1 is 1.43 bits per heavy atom. The SMILES string of the molecule is CC[C@@H](O)C1(C)OC1c1ccccc1. The zero-order chi connectivity index (χ0) is 10.2. The van der Waals surface area contributed by atoms with E-state index >= 15 is 0 Å². The van der Waals surface area contributed by atoms with Gasteiger partial charge in [-0.15, -0.1) is 0 Å². The van der Waals surface area contributed by atoms with Crippen molar-refractivity contribution in [2.24, 2.45) is 0 Å². The van der Waals surface area contributed by atoms with Crippen molar-refractivity contribution in [2.45, 2.75) is 38.1 Å². The Balaban J connectivity index is 2.12. The van der Waals surface area contributed by atoms with Gasteiger partial charge in [0.15, 0.2) is 0 Å². The highest BCUT2D eigenvalue weighted by atomic mass is 16.6. The molecule has 0 radical (unpaired) electrons. The molecule has 0 aromatic heterocycles. The summed E-state index contributed by atoms with van der Waals surface area (Å²) >= 11 is 0. The molecule has 0 bridgehead atoms. The van der Waals surface area contributed by atoms with Crippen molar-refractivity contribution in [3.05, 3.63) is 35.9 Å². The molecule has 1 N–H and O–H groups in total. The Morgan fingerprint density at radius 3 is 2.64 bits per heavy atom. The average Bonchev–Trinajstić information content (AvgIpc) is 2.92. The smallest absolute Gasteiger partial charge is 0.122 e. The molecule has 14 heavy (non-hydrogen) atoms. The Kier molecular flexibility index (Phi) is 2.33. The summed E-state index contributed by atoms with van der Waals surface area (Å²) in [5.74, 6) is 0. The summed E-state index contributed by atoms with van der Waals surface area (Å²) < 4.78 is 5.59. The molecule has 0 spiro atoms. The maximum atomic E-state index is 9.76. The zero-order valence-corrected chi connectivity index (χ0v) is 8.60. The van der Waals surface area contributed by atoms with Crippen LogP contribution in [-0.2, 0) is 4.74 Å². The fourth-order valence-corrected chi connectivity index (χ4v) is 1.91. The third-order valence-corrected chi connectivity index (χ3v) is 2.99. The standard InChI is InChI=1S/C12H16O2/c1-3-10(13)12(2)11(14-12)9-7-5-4-6-8-9/h4-8,10-11,13H,3H2,1-2H3/t10-,11?,12?/m1/s1. The lowest BCUT2D eigenvalue weighted by Gasteiger charge is -2.12. The summed E-state index contributed by atoms with van der Waals surface area (Å²) in [5.41, 5.74) is 0.790. The first kappa shape index (κ1) is 9.69. The van der Waals surface area contributed by atoms with Gasteiger partial charge >= 0.3 is 0 Å². The summed E-state index contributed by atoms with van der Waals surface area (Å²) in [6.07, 6.45) is 0.436. The molecule has 76 valence electrons. The molecule has 1 aliphatic rings. The normalized spacial score (nSPS) is 32.6. The molecule has 2 heteroatoms. The molecule has 0 amide bonds. The summed E-state index contributed by atoms with van der Waals surface area (Å²) in [6, 6.07) is 10.1. The van der Waals surface area contributed by atoms with Crippen molar-refractivity contribution in [3.8, 4) is 0 Å². The minimum atomic E-state index is -0.368. The molecule has 3 atom stereocenters. The molecule has 1 fully saturated rings. The van der Waals surface area contributed by atoms with E-state index < -0.39 is 0 Å². The van der Waals surface area contributed by atoms with Gasteiger partial charge in [-0.05, 0) is 18.9 Å². The van der Waals surface area contributed by atoms with Crippen LogP contribution in [0.25, 0.3) is 0 Å². The number of ether oxygens (including phenoxy) is 1. The largest absolute Gasteiger partial charge is 0.390 e. The Labute approximate surface area is 84.5 Å². The van der Waals surface area contributed by atoms with E-state index in [1.165, 1.54) is 0 Å². The first-order valence-electron chi connectivity index (χ1n) is 5.09. The second-order valence-electron chi connectivity index (χ2n) is 4.02. The predicted molar refractivity (Wildman–Crippen MR) is 55.0 cm³/mol. The topological polar surface area (TPSA) is 32.8 Å². The van der Waals surface area contributed by atoms with Gasteiger partial charge in [0.25, 0.3) is 0 Å². The number of aliphatic hydroxyl groups excluding tert-OH is 1. The number of rotatable bonds is 3. The van der Waals surface area contributed by atoms with E-state index in [9.17, 15) is 5.11 Å². The van der Waals surface area contributed by atoms with Crippen molar-refractivity contribution in [2.75, 3.05) is 0 Å². The van der Waals surface area contributed by atoms with Gasteiger partial charge in [0.05, 0.1) is 6.10 Å². The van der Waals surface area contributed by atoms with E-state index in [4.69, 9.17) is 4.74 Å². The Morgan fingerprint density at radius 2 is 2.07 bits per heavy atom.